The highest BCUT2D eigenvalue weighted by Crippen LogP contribution is 2.18. The summed E-state index contributed by atoms with van der Waals surface area (Å²) in [6, 6.07) is -1.30. The molecular weight excluding hydrogens is 300 g/mol. The summed E-state index contributed by atoms with van der Waals surface area (Å²) in [4.78, 5) is 21.5. The van der Waals surface area contributed by atoms with Gasteiger partial charge < -0.3 is 10.2 Å². The Kier molecular flexibility index (Phi) is 6.56. The standard InChI is InChI=1S/C12H22N2O6S/c1-9-5-7-14(8-6-9)21(19,20)13-10(12(17)18)3-2-4-11(15)16/h9-10,13H,2-8H2,1H3,(H,15,16)(H,17,18)/t10-/m1/s1. The Labute approximate surface area is 124 Å². The van der Waals surface area contributed by atoms with Crippen LogP contribution in [0.15, 0.2) is 0 Å². The van der Waals surface area contributed by atoms with Gasteiger partial charge in [0.15, 0.2) is 0 Å². The molecule has 1 rings (SSSR count). The van der Waals surface area contributed by atoms with E-state index in [0.717, 1.165) is 12.8 Å². The predicted octanol–water partition coefficient (Wildman–Crippen LogP) is 0.261. The number of hydrogen-bond donors (Lipinski definition) is 3. The number of carbonyl (C=O) groups is 2. The lowest BCUT2D eigenvalue weighted by atomic mass is 10.0. The minimum Gasteiger partial charge on any atom is -0.481 e. The van der Waals surface area contributed by atoms with Gasteiger partial charge in [-0.05, 0) is 31.6 Å². The van der Waals surface area contributed by atoms with Crippen LogP contribution in [0.4, 0.5) is 0 Å². The highest BCUT2D eigenvalue weighted by Gasteiger charge is 2.30. The van der Waals surface area contributed by atoms with Gasteiger partial charge in [0.2, 0.25) is 0 Å². The van der Waals surface area contributed by atoms with Gasteiger partial charge in [-0.15, -0.1) is 0 Å². The third-order valence-electron chi connectivity index (χ3n) is 3.56. The van der Waals surface area contributed by atoms with Crippen LogP contribution < -0.4 is 4.72 Å². The third kappa shape index (κ3) is 5.98. The second-order valence-corrected chi connectivity index (χ2v) is 7.08. The van der Waals surface area contributed by atoms with Crippen LogP contribution in [0.1, 0.15) is 39.0 Å². The molecule has 0 saturated carbocycles. The Morgan fingerprint density at radius 2 is 1.86 bits per heavy atom. The number of nitrogens with zero attached hydrogens (tertiary/aromatic N) is 1. The Hall–Kier alpha value is -1.19. The van der Waals surface area contributed by atoms with E-state index in [9.17, 15) is 18.0 Å². The molecule has 1 aliphatic rings. The molecule has 0 aromatic rings. The summed E-state index contributed by atoms with van der Waals surface area (Å²) in [7, 11) is -3.85. The molecule has 0 aromatic carbocycles. The SMILES string of the molecule is CC1CCN(S(=O)(=O)N[C@H](CCCC(=O)O)C(=O)O)CC1. The molecule has 21 heavy (non-hydrogen) atoms. The first kappa shape index (κ1) is 17.9. The zero-order chi connectivity index (χ0) is 16.0. The van der Waals surface area contributed by atoms with Crippen molar-refractivity contribution >= 4 is 22.1 Å². The molecule has 1 heterocycles. The molecule has 3 N–H and O–H groups in total. The molecule has 1 saturated heterocycles. The second kappa shape index (κ2) is 7.71. The molecule has 0 aliphatic carbocycles. The van der Waals surface area contributed by atoms with Crippen molar-refractivity contribution in [2.45, 2.75) is 45.1 Å². The Morgan fingerprint density at radius 3 is 2.33 bits per heavy atom. The molecule has 0 bridgehead atoms. The highest BCUT2D eigenvalue weighted by molar-refractivity contribution is 7.87. The van der Waals surface area contributed by atoms with Gasteiger partial charge in [-0.1, -0.05) is 6.92 Å². The minimum absolute atomic E-state index is 0.0505. The van der Waals surface area contributed by atoms with Crippen LogP contribution >= 0.6 is 0 Å². The Balaban J connectivity index is 2.60. The van der Waals surface area contributed by atoms with Crippen molar-refractivity contribution in [3.05, 3.63) is 0 Å². The van der Waals surface area contributed by atoms with Crippen LogP contribution in [0.3, 0.4) is 0 Å². The van der Waals surface area contributed by atoms with E-state index in [4.69, 9.17) is 10.2 Å². The smallest absolute Gasteiger partial charge is 0.321 e. The summed E-state index contributed by atoms with van der Waals surface area (Å²) in [5.41, 5.74) is 0. The topological polar surface area (TPSA) is 124 Å². The summed E-state index contributed by atoms with van der Waals surface area (Å²) in [6.07, 6.45) is 1.36. The lowest BCUT2D eigenvalue weighted by Gasteiger charge is -2.30. The summed E-state index contributed by atoms with van der Waals surface area (Å²) >= 11 is 0. The Bertz CT molecular complexity index is 470. The van der Waals surface area contributed by atoms with Crippen molar-refractivity contribution in [3.63, 3.8) is 0 Å². The van der Waals surface area contributed by atoms with Crippen LogP contribution in [0.5, 0.6) is 0 Å². The summed E-state index contributed by atoms with van der Waals surface area (Å²) in [5.74, 6) is -1.87. The van der Waals surface area contributed by atoms with Crippen molar-refractivity contribution < 1.29 is 28.2 Å². The van der Waals surface area contributed by atoms with E-state index in [2.05, 4.69) is 4.72 Å². The Morgan fingerprint density at radius 1 is 1.29 bits per heavy atom. The first-order valence-corrected chi connectivity index (χ1v) is 8.38. The molecule has 1 atom stereocenters. The minimum atomic E-state index is -3.85. The molecule has 8 nitrogen and oxygen atoms in total. The molecule has 1 aliphatic heterocycles. The number of piperidine rings is 1. The maximum atomic E-state index is 12.1. The molecule has 0 spiro atoms. The van der Waals surface area contributed by atoms with E-state index in [1.54, 1.807) is 0 Å². The van der Waals surface area contributed by atoms with E-state index in [1.165, 1.54) is 4.31 Å². The van der Waals surface area contributed by atoms with Crippen molar-refractivity contribution in [1.82, 2.24) is 9.03 Å². The molecular formula is C12H22N2O6S. The number of aliphatic carboxylic acids is 2. The van der Waals surface area contributed by atoms with E-state index in [-0.39, 0.29) is 19.3 Å². The van der Waals surface area contributed by atoms with Gasteiger partial charge in [0, 0.05) is 19.5 Å². The van der Waals surface area contributed by atoms with Gasteiger partial charge in [0.25, 0.3) is 10.2 Å². The third-order valence-corrected chi connectivity index (χ3v) is 5.18. The van der Waals surface area contributed by atoms with Crippen molar-refractivity contribution in [1.29, 1.82) is 0 Å². The van der Waals surface area contributed by atoms with Crippen LogP contribution in [0.25, 0.3) is 0 Å². The maximum Gasteiger partial charge on any atom is 0.321 e. The first-order chi connectivity index (χ1) is 9.72. The van der Waals surface area contributed by atoms with Gasteiger partial charge in [0.05, 0.1) is 0 Å². The average molecular weight is 322 g/mol. The zero-order valence-electron chi connectivity index (χ0n) is 12.0. The summed E-state index contributed by atoms with van der Waals surface area (Å²) in [6.45, 7) is 2.79. The molecule has 9 heteroatoms. The van der Waals surface area contributed by atoms with Crippen LogP contribution in [-0.4, -0.2) is 54.0 Å². The lowest BCUT2D eigenvalue weighted by molar-refractivity contribution is -0.140. The number of carboxylic acid groups (broad SMARTS) is 2. The first-order valence-electron chi connectivity index (χ1n) is 6.94. The number of nitrogens with one attached hydrogen (secondary N) is 1. The van der Waals surface area contributed by atoms with Crippen LogP contribution in [0, 0.1) is 5.92 Å². The van der Waals surface area contributed by atoms with Gasteiger partial charge in [-0.2, -0.15) is 17.4 Å². The van der Waals surface area contributed by atoms with Gasteiger partial charge in [-0.3, -0.25) is 9.59 Å². The predicted molar refractivity (Wildman–Crippen MR) is 74.9 cm³/mol. The molecule has 122 valence electrons. The van der Waals surface area contributed by atoms with Crippen molar-refractivity contribution in [3.8, 4) is 0 Å². The van der Waals surface area contributed by atoms with Gasteiger partial charge in [-0.25, -0.2) is 0 Å². The summed E-state index contributed by atoms with van der Waals surface area (Å²) < 4.78 is 27.7. The molecule has 0 aromatic heterocycles. The van der Waals surface area contributed by atoms with Crippen LogP contribution in [-0.2, 0) is 19.8 Å². The fourth-order valence-corrected chi connectivity index (χ4v) is 3.59. The van der Waals surface area contributed by atoms with Crippen molar-refractivity contribution in [2.24, 2.45) is 5.92 Å². The van der Waals surface area contributed by atoms with Crippen LogP contribution in [0.2, 0.25) is 0 Å². The fourth-order valence-electron chi connectivity index (χ4n) is 2.17. The lowest BCUT2D eigenvalue weighted by Crippen LogP contribution is -2.50. The number of carboxylic acids is 2. The van der Waals surface area contributed by atoms with Gasteiger partial charge >= 0.3 is 11.9 Å². The highest BCUT2D eigenvalue weighted by atomic mass is 32.2. The quantitative estimate of drug-likeness (QED) is 0.589. The molecule has 1 fully saturated rings. The van der Waals surface area contributed by atoms with E-state index < -0.39 is 28.2 Å². The number of hydrogen-bond acceptors (Lipinski definition) is 4. The molecule has 0 radical (unpaired) electrons. The second-order valence-electron chi connectivity index (χ2n) is 5.38. The zero-order valence-corrected chi connectivity index (χ0v) is 12.8. The average Bonchev–Trinajstić information content (AvgIpc) is 2.37. The van der Waals surface area contributed by atoms with E-state index >= 15 is 0 Å². The maximum absolute atomic E-state index is 12.1. The fraction of sp³-hybridized carbons (Fsp3) is 0.833. The monoisotopic (exact) mass is 322 g/mol. The number of rotatable bonds is 8. The van der Waals surface area contributed by atoms with Gasteiger partial charge in [0.1, 0.15) is 6.04 Å². The molecule has 0 amide bonds. The largest absolute Gasteiger partial charge is 0.481 e. The van der Waals surface area contributed by atoms with E-state index in [1.807, 2.05) is 6.92 Å². The van der Waals surface area contributed by atoms with E-state index in [0.29, 0.717) is 19.0 Å². The normalized spacial score (nSPS) is 19.3. The molecule has 0 unspecified atom stereocenters. The van der Waals surface area contributed by atoms with Crippen molar-refractivity contribution in [2.75, 3.05) is 13.1 Å². The summed E-state index contributed by atoms with van der Waals surface area (Å²) in [5, 5.41) is 17.6.